The number of hydrogen-bond donors (Lipinski definition) is 3. The molecule has 0 saturated carbocycles. The van der Waals surface area contributed by atoms with Gasteiger partial charge in [-0.15, -0.1) is 0 Å². The molecule has 1 aliphatic rings. The Morgan fingerprint density at radius 2 is 1.93 bits per heavy atom. The molecule has 0 radical (unpaired) electrons. The number of hydrogen-bond acceptors (Lipinski definition) is 5. The molecule has 30 heavy (non-hydrogen) atoms. The summed E-state index contributed by atoms with van der Waals surface area (Å²) in [6, 6.07) is 3.24. The van der Waals surface area contributed by atoms with Gasteiger partial charge in [0.05, 0.1) is 11.3 Å². The van der Waals surface area contributed by atoms with Gasteiger partial charge in [-0.2, -0.15) is 13.2 Å². The van der Waals surface area contributed by atoms with Crippen molar-refractivity contribution in [2.45, 2.75) is 38.3 Å². The van der Waals surface area contributed by atoms with Crippen molar-refractivity contribution < 1.29 is 32.6 Å². The van der Waals surface area contributed by atoms with Crippen LogP contribution in [0.1, 0.15) is 48.2 Å². The highest BCUT2D eigenvalue weighted by Crippen LogP contribution is 2.39. The fourth-order valence-corrected chi connectivity index (χ4v) is 3.95. The SMILES string of the molecule is O=C1NCCN(CC[C@H](CCO)CCCCO)c2c1oc1ccc(C(F)(F)F)cc21. The number of aliphatic hydroxyl groups is 2. The third-order valence-corrected chi connectivity index (χ3v) is 5.54. The third kappa shape index (κ3) is 5.07. The zero-order valence-electron chi connectivity index (χ0n) is 16.7. The van der Waals surface area contributed by atoms with Crippen molar-refractivity contribution in [2.75, 3.05) is 37.7 Å². The Morgan fingerprint density at radius 3 is 2.63 bits per heavy atom. The number of alkyl halides is 3. The van der Waals surface area contributed by atoms with Crippen LogP contribution in [-0.2, 0) is 6.18 Å². The van der Waals surface area contributed by atoms with Crippen molar-refractivity contribution in [1.82, 2.24) is 5.32 Å². The molecule has 1 aromatic heterocycles. The molecule has 0 unspecified atom stereocenters. The van der Waals surface area contributed by atoms with Gasteiger partial charge in [-0.05, 0) is 43.4 Å². The van der Waals surface area contributed by atoms with E-state index < -0.39 is 17.6 Å². The van der Waals surface area contributed by atoms with Crippen LogP contribution in [0, 0.1) is 5.92 Å². The number of carbonyl (C=O) groups is 1. The monoisotopic (exact) mass is 428 g/mol. The van der Waals surface area contributed by atoms with Crippen LogP contribution in [0.2, 0.25) is 0 Å². The summed E-state index contributed by atoms with van der Waals surface area (Å²) >= 11 is 0. The fourth-order valence-electron chi connectivity index (χ4n) is 3.95. The number of nitrogens with zero attached hydrogens (tertiary/aromatic N) is 1. The van der Waals surface area contributed by atoms with E-state index in [4.69, 9.17) is 9.52 Å². The topological polar surface area (TPSA) is 85.9 Å². The first-order valence-electron chi connectivity index (χ1n) is 10.2. The van der Waals surface area contributed by atoms with Crippen LogP contribution >= 0.6 is 0 Å². The van der Waals surface area contributed by atoms with Gasteiger partial charge in [0.15, 0.2) is 0 Å². The molecule has 0 spiro atoms. The van der Waals surface area contributed by atoms with E-state index in [0.717, 1.165) is 25.0 Å². The van der Waals surface area contributed by atoms with Gasteiger partial charge in [-0.25, -0.2) is 0 Å². The molecule has 0 bridgehead atoms. The van der Waals surface area contributed by atoms with Crippen LogP contribution in [-0.4, -0.2) is 49.0 Å². The molecule has 2 aromatic rings. The minimum atomic E-state index is -4.49. The number of anilines is 1. The van der Waals surface area contributed by atoms with Gasteiger partial charge in [0.2, 0.25) is 5.76 Å². The normalized spacial score (nSPS) is 15.8. The number of unbranched alkanes of at least 4 members (excludes halogenated alkanes) is 1. The molecule has 3 N–H and O–H groups in total. The van der Waals surface area contributed by atoms with E-state index in [1.807, 2.05) is 4.90 Å². The van der Waals surface area contributed by atoms with Crippen LogP contribution in [0.5, 0.6) is 0 Å². The number of carbonyl (C=O) groups excluding carboxylic acids is 1. The number of benzene rings is 1. The van der Waals surface area contributed by atoms with Crippen molar-refractivity contribution in [3.8, 4) is 0 Å². The standard InChI is InChI=1S/C21H27F3N2O4/c22-21(23,24)15-4-5-17-16(13-15)18-19(30-17)20(29)25-8-10-26(18)9-6-14(7-12-28)3-1-2-11-27/h4-5,13-14,27-28H,1-3,6-12H2,(H,25,29)/t14-/m1/s1. The molecule has 1 amide bonds. The molecule has 6 nitrogen and oxygen atoms in total. The number of furan rings is 1. The summed E-state index contributed by atoms with van der Waals surface area (Å²) < 4.78 is 45.3. The fraction of sp³-hybridized carbons (Fsp3) is 0.571. The van der Waals surface area contributed by atoms with Gasteiger partial charge in [0.25, 0.3) is 5.91 Å². The van der Waals surface area contributed by atoms with Crippen LogP contribution in [0.4, 0.5) is 18.9 Å². The first-order chi connectivity index (χ1) is 14.3. The zero-order valence-corrected chi connectivity index (χ0v) is 16.7. The van der Waals surface area contributed by atoms with Gasteiger partial charge in [0.1, 0.15) is 5.58 Å². The van der Waals surface area contributed by atoms with Crippen molar-refractivity contribution in [3.05, 3.63) is 29.5 Å². The predicted octanol–water partition coefficient (Wildman–Crippen LogP) is 3.55. The smallest absolute Gasteiger partial charge is 0.416 e. The number of rotatable bonds is 9. The quantitative estimate of drug-likeness (QED) is 0.532. The summed E-state index contributed by atoms with van der Waals surface area (Å²) in [7, 11) is 0. The van der Waals surface area contributed by atoms with Gasteiger partial charge < -0.3 is 24.8 Å². The summed E-state index contributed by atoms with van der Waals surface area (Å²) in [5.41, 5.74) is -0.153. The summed E-state index contributed by atoms with van der Waals surface area (Å²) in [4.78, 5) is 14.3. The summed E-state index contributed by atoms with van der Waals surface area (Å²) in [5, 5.41) is 21.3. The Labute approximate surface area is 172 Å². The molecular formula is C21H27F3N2O4. The lowest BCUT2D eigenvalue weighted by molar-refractivity contribution is -0.137. The second-order valence-corrected chi connectivity index (χ2v) is 7.62. The highest BCUT2D eigenvalue weighted by Gasteiger charge is 2.33. The average molecular weight is 428 g/mol. The number of fused-ring (bicyclic) bond motifs is 3. The Bertz CT molecular complexity index is 866. The maximum atomic E-state index is 13.2. The van der Waals surface area contributed by atoms with Crippen molar-refractivity contribution >= 4 is 22.6 Å². The number of halogens is 3. The lowest BCUT2D eigenvalue weighted by Crippen LogP contribution is -2.31. The zero-order chi connectivity index (χ0) is 21.7. The molecule has 0 aliphatic carbocycles. The lowest BCUT2D eigenvalue weighted by atomic mass is 9.95. The summed E-state index contributed by atoms with van der Waals surface area (Å²) in [6.45, 7) is 1.51. The van der Waals surface area contributed by atoms with Gasteiger partial charge in [-0.3, -0.25) is 4.79 Å². The van der Waals surface area contributed by atoms with Crippen LogP contribution in [0.15, 0.2) is 22.6 Å². The molecule has 1 atom stereocenters. The van der Waals surface area contributed by atoms with E-state index in [1.54, 1.807) is 0 Å². The van der Waals surface area contributed by atoms with E-state index in [9.17, 15) is 23.1 Å². The Morgan fingerprint density at radius 1 is 1.13 bits per heavy atom. The van der Waals surface area contributed by atoms with Crippen molar-refractivity contribution in [1.29, 1.82) is 0 Å². The molecule has 1 aromatic carbocycles. The second kappa shape index (κ2) is 9.70. The van der Waals surface area contributed by atoms with Crippen LogP contribution in [0.3, 0.4) is 0 Å². The predicted molar refractivity (Wildman–Crippen MR) is 107 cm³/mol. The number of amides is 1. The minimum absolute atomic E-state index is 0.0285. The molecule has 166 valence electrons. The molecule has 1 aliphatic heterocycles. The second-order valence-electron chi connectivity index (χ2n) is 7.62. The number of nitrogens with one attached hydrogen (secondary N) is 1. The maximum Gasteiger partial charge on any atom is 0.416 e. The van der Waals surface area contributed by atoms with Crippen LogP contribution in [0.25, 0.3) is 11.0 Å². The van der Waals surface area contributed by atoms with E-state index in [-0.39, 0.29) is 35.9 Å². The lowest BCUT2D eigenvalue weighted by Gasteiger charge is -2.25. The Hall–Kier alpha value is -2.26. The van der Waals surface area contributed by atoms with Gasteiger partial charge in [-0.1, -0.05) is 12.8 Å². The average Bonchev–Trinajstić information content (AvgIpc) is 3.01. The third-order valence-electron chi connectivity index (χ3n) is 5.54. The molecule has 3 rings (SSSR count). The van der Waals surface area contributed by atoms with Gasteiger partial charge in [0, 0.05) is 38.2 Å². The maximum absolute atomic E-state index is 13.2. The molecular weight excluding hydrogens is 401 g/mol. The Kier molecular flexibility index (Phi) is 7.25. The van der Waals surface area contributed by atoms with E-state index >= 15 is 0 Å². The van der Waals surface area contributed by atoms with E-state index in [1.165, 1.54) is 6.07 Å². The first kappa shape index (κ1) is 22.4. The highest BCUT2D eigenvalue weighted by molar-refractivity contribution is 6.07. The first-order valence-corrected chi connectivity index (χ1v) is 10.2. The summed E-state index contributed by atoms with van der Waals surface area (Å²) in [6.07, 6.45) is -0.770. The molecule has 0 fully saturated rings. The molecule has 2 heterocycles. The largest absolute Gasteiger partial charge is 0.449 e. The highest BCUT2D eigenvalue weighted by atomic mass is 19.4. The molecule has 0 saturated heterocycles. The van der Waals surface area contributed by atoms with Crippen molar-refractivity contribution in [3.63, 3.8) is 0 Å². The van der Waals surface area contributed by atoms with Crippen LogP contribution < -0.4 is 10.2 Å². The minimum Gasteiger partial charge on any atom is -0.449 e. The van der Waals surface area contributed by atoms with Gasteiger partial charge >= 0.3 is 6.18 Å². The van der Waals surface area contributed by atoms with E-state index in [2.05, 4.69) is 5.32 Å². The molecule has 9 heteroatoms. The number of aliphatic hydroxyl groups excluding tert-OH is 2. The Balaban J connectivity index is 1.89. The van der Waals surface area contributed by atoms with Crippen molar-refractivity contribution in [2.24, 2.45) is 5.92 Å². The van der Waals surface area contributed by atoms with E-state index in [0.29, 0.717) is 44.6 Å². The summed E-state index contributed by atoms with van der Waals surface area (Å²) in [5.74, 6) is -0.186.